The Bertz CT molecular complexity index is 641. The molecule has 164 valence electrons. The maximum Gasteiger partial charge on any atom is 0.191 e. The molecule has 7 nitrogen and oxygen atoms in total. The topological polar surface area (TPSA) is 66.7 Å². The summed E-state index contributed by atoms with van der Waals surface area (Å²) in [6, 6.07) is 0. The average molecular weight is 516 g/mol. The van der Waals surface area contributed by atoms with Gasteiger partial charge in [0.25, 0.3) is 0 Å². The first-order valence-corrected chi connectivity index (χ1v) is 11.1. The molecule has 1 aliphatic carbocycles. The Labute approximate surface area is 192 Å². The van der Waals surface area contributed by atoms with Crippen LogP contribution in [-0.4, -0.2) is 65.8 Å². The number of morpholine rings is 1. The highest BCUT2D eigenvalue weighted by atomic mass is 127. The molecule has 3 aliphatic rings. The second-order valence-corrected chi connectivity index (χ2v) is 8.46. The third-order valence-corrected chi connectivity index (χ3v) is 6.67. The van der Waals surface area contributed by atoms with Crippen LogP contribution in [0.15, 0.2) is 11.2 Å². The quantitative estimate of drug-likeness (QED) is 0.358. The number of hydrogen-bond donors (Lipinski definition) is 2. The van der Waals surface area contributed by atoms with Crippen LogP contribution in [0.1, 0.15) is 56.5 Å². The number of nitrogens with zero attached hydrogens (tertiary/aromatic N) is 4. The lowest BCUT2D eigenvalue weighted by atomic mass is 9.80. The molecule has 3 heterocycles. The minimum absolute atomic E-state index is 0. The van der Waals surface area contributed by atoms with E-state index in [1.54, 1.807) is 0 Å². The summed E-state index contributed by atoms with van der Waals surface area (Å²) in [5, 5.41) is 7.11. The number of aryl methyl sites for hydroxylation is 2. The molecule has 1 aromatic heterocycles. The first-order chi connectivity index (χ1) is 13.8. The summed E-state index contributed by atoms with van der Waals surface area (Å²) in [6.45, 7) is 6.61. The summed E-state index contributed by atoms with van der Waals surface area (Å²) in [7, 11) is 1.86. The van der Waals surface area contributed by atoms with Crippen LogP contribution in [0.4, 0.5) is 0 Å². The van der Waals surface area contributed by atoms with Gasteiger partial charge in [0.1, 0.15) is 5.82 Å². The zero-order chi connectivity index (χ0) is 19.2. The van der Waals surface area contributed by atoms with Crippen LogP contribution in [0.2, 0.25) is 0 Å². The fourth-order valence-corrected chi connectivity index (χ4v) is 5.05. The van der Waals surface area contributed by atoms with Crippen molar-refractivity contribution in [1.29, 1.82) is 0 Å². The van der Waals surface area contributed by atoms with Crippen LogP contribution in [-0.2, 0) is 24.2 Å². The summed E-state index contributed by atoms with van der Waals surface area (Å²) in [5.74, 6) is 2.11. The number of ether oxygens (including phenoxy) is 1. The molecule has 2 aliphatic heterocycles. The van der Waals surface area contributed by atoms with Gasteiger partial charge in [-0.15, -0.1) is 24.0 Å². The summed E-state index contributed by atoms with van der Waals surface area (Å²) in [4.78, 5) is 11.9. The van der Waals surface area contributed by atoms with Crippen molar-refractivity contribution in [2.24, 2.45) is 4.99 Å². The van der Waals surface area contributed by atoms with Crippen molar-refractivity contribution in [3.63, 3.8) is 0 Å². The zero-order valence-electron chi connectivity index (χ0n) is 17.8. The number of nitrogens with one attached hydrogen (secondary N) is 2. The van der Waals surface area contributed by atoms with E-state index in [0.717, 1.165) is 64.0 Å². The van der Waals surface area contributed by atoms with Gasteiger partial charge in [-0.1, -0.05) is 19.3 Å². The van der Waals surface area contributed by atoms with E-state index in [4.69, 9.17) is 9.72 Å². The summed E-state index contributed by atoms with van der Waals surface area (Å²) in [6.07, 6.45) is 12.4. The Kier molecular flexibility index (Phi) is 8.61. The number of hydrogen-bond acceptors (Lipinski definition) is 4. The van der Waals surface area contributed by atoms with Crippen LogP contribution in [0.5, 0.6) is 0 Å². The van der Waals surface area contributed by atoms with Crippen molar-refractivity contribution >= 4 is 29.9 Å². The first-order valence-electron chi connectivity index (χ1n) is 11.1. The number of halogens is 1. The molecule has 8 heteroatoms. The minimum atomic E-state index is 0. The molecule has 0 spiro atoms. The van der Waals surface area contributed by atoms with Gasteiger partial charge in [0.2, 0.25) is 0 Å². The molecule has 0 bridgehead atoms. The summed E-state index contributed by atoms with van der Waals surface area (Å²) < 4.78 is 7.91. The first kappa shape index (κ1) is 22.8. The maximum absolute atomic E-state index is 5.60. The molecule has 0 radical (unpaired) electrons. The van der Waals surface area contributed by atoms with Gasteiger partial charge in [0.15, 0.2) is 5.96 Å². The van der Waals surface area contributed by atoms with Gasteiger partial charge in [-0.2, -0.15) is 0 Å². The van der Waals surface area contributed by atoms with Crippen molar-refractivity contribution in [2.45, 2.75) is 70.0 Å². The van der Waals surface area contributed by atoms with Gasteiger partial charge < -0.3 is 19.9 Å². The largest absolute Gasteiger partial charge is 0.379 e. The van der Waals surface area contributed by atoms with E-state index in [0.29, 0.717) is 0 Å². The lowest BCUT2D eigenvalue weighted by Crippen LogP contribution is -2.60. The highest BCUT2D eigenvalue weighted by Crippen LogP contribution is 2.33. The van der Waals surface area contributed by atoms with Crippen molar-refractivity contribution in [3.05, 3.63) is 17.7 Å². The molecule has 2 fully saturated rings. The van der Waals surface area contributed by atoms with Gasteiger partial charge >= 0.3 is 0 Å². The van der Waals surface area contributed by atoms with E-state index in [9.17, 15) is 0 Å². The molecule has 1 saturated carbocycles. The highest BCUT2D eigenvalue weighted by Gasteiger charge is 2.38. The molecule has 0 atom stereocenters. The molecule has 1 saturated heterocycles. The molecule has 2 N–H and O–H groups in total. The molecule has 0 unspecified atom stereocenters. The average Bonchev–Trinajstić information content (AvgIpc) is 3.18. The summed E-state index contributed by atoms with van der Waals surface area (Å²) in [5.41, 5.74) is 1.35. The number of imidazole rings is 1. The van der Waals surface area contributed by atoms with Crippen LogP contribution >= 0.6 is 24.0 Å². The van der Waals surface area contributed by atoms with E-state index >= 15 is 0 Å². The van der Waals surface area contributed by atoms with E-state index in [1.807, 2.05) is 7.05 Å². The lowest BCUT2D eigenvalue weighted by Gasteiger charge is -2.48. The zero-order valence-corrected chi connectivity index (χ0v) is 20.1. The van der Waals surface area contributed by atoms with Crippen molar-refractivity contribution in [1.82, 2.24) is 25.1 Å². The predicted molar refractivity (Wildman–Crippen MR) is 127 cm³/mol. The van der Waals surface area contributed by atoms with E-state index in [1.165, 1.54) is 50.8 Å². The third-order valence-electron chi connectivity index (χ3n) is 6.67. The Morgan fingerprint density at radius 3 is 2.62 bits per heavy atom. The standard InChI is InChI=1S/C21H36N6O.HI/c1-22-20(23-15-18-16-26-10-6-3-7-19(26)25-18)24-17-21(8-4-2-5-9-21)27-11-13-28-14-12-27;/h16H,2-15,17H2,1H3,(H2,22,23,24);1H. The number of fused-ring (bicyclic) bond motifs is 1. The van der Waals surface area contributed by atoms with Crippen molar-refractivity contribution in [3.8, 4) is 0 Å². The monoisotopic (exact) mass is 516 g/mol. The third kappa shape index (κ3) is 5.64. The van der Waals surface area contributed by atoms with Crippen LogP contribution in [0.3, 0.4) is 0 Å². The van der Waals surface area contributed by atoms with Gasteiger partial charge in [-0.3, -0.25) is 9.89 Å². The van der Waals surface area contributed by atoms with Crippen LogP contribution < -0.4 is 10.6 Å². The number of rotatable bonds is 5. The van der Waals surface area contributed by atoms with E-state index in [2.05, 4.69) is 31.3 Å². The fraction of sp³-hybridized carbons (Fsp3) is 0.810. The lowest BCUT2D eigenvalue weighted by molar-refractivity contribution is -0.0352. The normalized spacial score (nSPS) is 22.4. The van der Waals surface area contributed by atoms with Crippen LogP contribution in [0.25, 0.3) is 0 Å². The van der Waals surface area contributed by atoms with E-state index in [-0.39, 0.29) is 29.5 Å². The Morgan fingerprint density at radius 1 is 1.10 bits per heavy atom. The van der Waals surface area contributed by atoms with Crippen molar-refractivity contribution in [2.75, 3.05) is 39.9 Å². The Morgan fingerprint density at radius 2 is 1.90 bits per heavy atom. The smallest absolute Gasteiger partial charge is 0.191 e. The van der Waals surface area contributed by atoms with Gasteiger partial charge in [0, 0.05) is 51.4 Å². The Balaban J connectivity index is 0.00000240. The molecular formula is C21H37IN6O. The second-order valence-electron chi connectivity index (χ2n) is 8.46. The molecule has 4 rings (SSSR count). The van der Waals surface area contributed by atoms with Gasteiger partial charge in [0.05, 0.1) is 25.5 Å². The van der Waals surface area contributed by atoms with Crippen LogP contribution in [0, 0.1) is 0 Å². The molecule has 29 heavy (non-hydrogen) atoms. The Hall–Kier alpha value is -0.870. The second kappa shape index (κ2) is 10.9. The van der Waals surface area contributed by atoms with Gasteiger partial charge in [-0.25, -0.2) is 4.98 Å². The number of guanidine groups is 1. The number of aliphatic imine (C=N–C) groups is 1. The maximum atomic E-state index is 5.60. The van der Waals surface area contributed by atoms with Gasteiger partial charge in [-0.05, 0) is 25.7 Å². The van der Waals surface area contributed by atoms with Crippen molar-refractivity contribution < 1.29 is 4.74 Å². The fourth-order valence-electron chi connectivity index (χ4n) is 5.05. The summed E-state index contributed by atoms with van der Waals surface area (Å²) >= 11 is 0. The molecule has 0 aromatic carbocycles. The predicted octanol–water partition coefficient (Wildman–Crippen LogP) is 2.54. The molecule has 1 aromatic rings. The highest BCUT2D eigenvalue weighted by molar-refractivity contribution is 14.0. The molecule has 0 amide bonds. The molecular weight excluding hydrogens is 479 g/mol. The SMILES string of the molecule is CN=C(NCc1cn2c(n1)CCCC2)NCC1(N2CCOCC2)CCCCC1.I. The van der Waals surface area contributed by atoms with E-state index < -0.39 is 0 Å². The number of aromatic nitrogens is 2. The minimum Gasteiger partial charge on any atom is -0.379 e.